The maximum Gasteiger partial charge on any atom is 0.409 e. The lowest BCUT2D eigenvalue weighted by Crippen LogP contribution is -2.46. The molecule has 5 atom stereocenters. The van der Waals surface area contributed by atoms with Crippen LogP contribution in [-0.4, -0.2) is 161 Å². The smallest absolute Gasteiger partial charge is 0.409 e. The van der Waals surface area contributed by atoms with Crippen molar-refractivity contribution in [1.29, 1.82) is 0 Å². The number of allylic oxidation sites excluding steroid dienone is 2. The number of rotatable bonds is 12. The minimum absolute atomic E-state index is 0. The Balaban J connectivity index is 0.000000153. The van der Waals surface area contributed by atoms with E-state index in [1.165, 1.54) is 113 Å². The predicted molar refractivity (Wildman–Crippen MR) is 334 cm³/mol. The summed E-state index contributed by atoms with van der Waals surface area (Å²) in [7, 11) is 1.61. The highest BCUT2D eigenvalue weighted by molar-refractivity contribution is 5.74. The Morgan fingerprint density at radius 2 is 1.00 bits per heavy atom. The van der Waals surface area contributed by atoms with Crippen molar-refractivity contribution < 1.29 is 36.2 Å². The zero-order chi connectivity index (χ0) is 58.3. The Morgan fingerprint density at radius 3 is 1.46 bits per heavy atom. The third-order valence-corrected chi connectivity index (χ3v) is 22.1. The molecule has 4 amide bonds. The molecule has 6 fully saturated rings. The summed E-state index contributed by atoms with van der Waals surface area (Å²) in [5.41, 5.74) is 9.76. The van der Waals surface area contributed by atoms with Gasteiger partial charge in [-0.2, -0.15) is 0 Å². The third-order valence-electron chi connectivity index (χ3n) is 22.1. The number of piperidine rings is 5. The Labute approximate surface area is 505 Å². The molecular weight excluding hydrogens is 1050 g/mol. The highest BCUT2D eigenvalue weighted by Gasteiger charge is 2.48. The van der Waals surface area contributed by atoms with Crippen LogP contribution in [0.1, 0.15) is 165 Å². The number of ether oxygens (including phenoxy) is 3. The van der Waals surface area contributed by atoms with Gasteiger partial charge in [0, 0.05) is 80.5 Å². The molecule has 3 aromatic carbocycles. The summed E-state index contributed by atoms with van der Waals surface area (Å²) in [6.45, 7) is 20.3. The van der Waals surface area contributed by atoms with Crippen LogP contribution in [0.5, 0.6) is 0 Å². The molecular formula is C70H103N7O7. The standard InChI is InChI=1S/C25H37N3O4.C23H30N2O.C22H32N2O2.2H2/c1-19(29)26-23-17-25(22-6-4-3-5-21(22)23)9-13-27(14-10-25)18-20-7-11-28(12-8-20)24(30)32-16-15-31-2;1-16(26)24-22-14-23(21-5-3-2-4-20(21)22)8-10-25(11-9-23)15-19-13-17-6-7-18(19)12-17;1-2-26-21(25)24-13-8-18(9-14-24)17-23-15-11-22(12-16-23)10-7-19-5-3-4-6-20(19)22;;/h3-6,20,23H,7-18H2,1-2H3,(H,26,29);2-7,17-19,22H,8-15H2,1H3,(H,24,26);3-6,18H,2,7-17H2,1H3;2*1H/t23-;17-,18-,19-,22-;;;/m00.../s1. The number of carbonyl (C=O) groups is 4. The van der Waals surface area contributed by atoms with Crippen LogP contribution in [0.4, 0.5) is 9.59 Å². The molecule has 2 bridgehead atoms. The first-order valence-electron chi connectivity index (χ1n) is 32.8. The molecule has 1 saturated carbocycles. The molecule has 5 aliphatic heterocycles. The lowest BCUT2D eigenvalue weighted by atomic mass is 9.73. The van der Waals surface area contributed by atoms with E-state index in [9.17, 15) is 19.2 Å². The number of hydrogen-bond donors (Lipinski definition) is 2. The third kappa shape index (κ3) is 13.8. The highest BCUT2D eigenvalue weighted by Crippen LogP contribution is 2.53. The zero-order valence-electron chi connectivity index (χ0n) is 51.3. The normalized spacial score (nSPS) is 26.6. The summed E-state index contributed by atoms with van der Waals surface area (Å²) in [6, 6.07) is 27.0. The van der Waals surface area contributed by atoms with Gasteiger partial charge in [-0.3, -0.25) is 9.59 Å². The SMILES string of the molecule is CC(=O)N[C@H]1CC2(CCN(C[C@@H]3C[C@H]4C=C[C@H]3C4)CC2)c2ccccc21.CCOC(=O)N1CCC(CN2CCC3(CCc4ccccc43)CC2)CC1.COCCOC(=O)N1CCC(CN2CCC3(CC2)C[C@H](NC(C)=O)c2ccccc23)CC1.[HH].[HH]. The maximum absolute atomic E-state index is 12.1. The van der Waals surface area contributed by atoms with Crippen LogP contribution in [0.25, 0.3) is 0 Å². The van der Waals surface area contributed by atoms with Gasteiger partial charge < -0.3 is 49.3 Å². The van der Waals surface area contributed by atoms with Gasteiger partial charge in [0.1, 0.15) is 6.61 Å². The number of benzene rings is 3. The largest absolute Gasteiger partial charge is 0.450 e. The Kier molecular flexibility index (Phi) is 19.6. The van der Waals surface area contributed by atoms with E-state index < -0.39 is 0 Å². The molecule has 13 rings (SSSR count). The number of methoxy groups -OCH3 is 1. The van der Waals surface area contributed by atoms with Crippen molar-refractivity contribution in [2.75, 3.05) is 112 Å². The minimum atomic E-state index is -0.214. The second kappa shape index (κ2) is 27.2. The van der Waals surface area contributed by atoms with E-state index in [0.717, 1.165) is 121 Å². The van der Waals surface area contributed by atoms with Crippen molar-refractivity contribution in [3.8, 4) is 0 Å². The average Bonchev–Trinajstić information content (AvgIpc) is 1.71. The van der Waals surface area contributed by atoms with Crippen LogP contribution in [0.3, 0.4) is 0 Å². The van der Waals surface area contributed by atoms with Crippen molar-refractivity contribution in [2.24, 2.45) is 29.6 Å². The van der Waals surface area contributed by atoms with E-state index in [1.54, 1.807) is 32.1 Å². The Hall–Kier alpha value is -5.28. The molecule has 5 heterocycles. The lowest BCUT2D eigenvalue weighted by molar-refractivity contribution is -0.120. The molecule has 84 heavy (non-hydrogen) atoms. The van der Waals surface area contributed by atoms with Crippen LogP contribution in [-0.2, 0) is 46.5 Å². The summed E-state index contributed by atoms with van der Waals surface area (Å²) in [5.74, 6) is 4.12. The average molecular weight is 1150 g/mol. The number of hydrogen-bond acceptors (Lipinski definition) is 10. The number of likely N-dealkylation sites (tertiary alicyclic amines) is 5. The fraction of sp³-hybridized carbons (Fsp3) is 0.657. The fourth-order valence-electron chi connectivity index (χ4n) is 17.5. The van der Waals surface area contributed by atoms with Gasteiger partial charge in [-0.05, 0) is 217 Å². The Morgan fingerprint density at radius 1 is 0.536 bits per heavy atom. The molecule has 10 aliphatic rings. The molecule has 0 unspecified atom stereocenters. The minimum Gasteiger partial charge on any atom is -0.450 e. The molecule has 0 radical (unpaired) electrons. The number of aryl methyl sites for hydroxylation is 1. The van der Waals surface area contributed by atoms with Crippen LogP contribution in [0.2, 0.25) is 0 Å². The number of nitrogens with one attached hydrogen (secondary N) is 2. The van der Waals surface area contributed by atoms with Gasteiger partial charge >= 0.3 is 12.2 Å². The van der Waals surface area contributed by atoms with Gasteiger partial charge in [-0.15, -0.1) is 0 Å². The molecule has 3 spiro atoms. The first-order chi connectivity index (χ1) is 40.8. The summed E-state index contributed by atoms with van der Waals surface area (Å²) in [5, 5.41) is 6.37. The number of nitrogens with zero attached hydrogens (tertiary/aromatic N) is 5. The first-order valence-corrected chi connectivity index (χ1v) is 32.8. The van der Waals surface area contributed by atoms with E-state index in [2.05, 4.69) is 110 Å². The number of fused-ring (bicyclic) bond motifs is 8. The van der Waals surface area contributed by atoms with Gasteiger partial charge in [0.2, 0.25) is 11.8 Å². The summed E-state index contributed by atoms with van der Waals surface area (Å²) in [4.78, 5) is 59.1. The van der Waals surface area contributed by atoms with Crippen molar-refractivity contribution in [2.45, 2.75) is 152 Å². The predicted octanol–water partition coefficient (Wildman–Crippen LogP) is 11.2. The van der Waals surface area contributed by atoms with E-state index in [1.807, 2.05) is 16.7 Å². The van der Waals surface area contributed by atoms with Gasteiger partial charge in [0.15, 0.2) is 0 Å². The van der Waals surface area contributed by atoms with E-state index in [-0.39, 0.29) is 49.8 Å². The topological polar surface area (TPSA) is 136 Å². The van der Waals surface area contributed by atoms with Crippen molar-refractivity contribution in [3.63, 3.8) is 0 Å². The molecule has 5 saturated heterocycles. The van der Waals surface area contributed by atoms with Crippen LogP contribution in [0, 0.1) is 29.6 Å². The maximum atomic E-state index is 12.1. The summed E-state index contributed by atoms with van der Waals surface area (Å²) in [6.07, 6.45) is 23.8. The zero-order valence-corrected chi connectivity index (χ0v) is 51.3. The van der Waals surface area contributed by atoms with Gasteiger partial charge in [0.05, 0.1) is 25.3 Å². The van der Waals surface area contributed by atoms with Crippen LogP contribution in [0.15, 0.2) is 84.9 Å². The molecule has 460 valence electrons. The van der Waals surface area contributed by atoms with E-state index in [0.29, 0.717) is 31.2 Å². The summed E-state index contributed by atoms with van der Waals surface area (Å²) >= 11 is 0. The van der Waals surface area contributed by atoms with E-state index >= 15 is 0 Å². The summed E-state index contributed by atoms with van der Waals surface area (Å²) < 4.78 is 15.3. The second-order valence-corrected chi connectivity index (χ2v) is 27.2. The molecule has 3 aromatic rings. The van der Waals surface area contributed by atoms with Crippen LogP contribution >= 0.6 is 0 Å². The lowest BCUT2D eigenvalue weighted by Gasteiger charge is -2.42. The Bertz CT molecular complexity index is 2760. The van der Waals surface area contributed by atoms with Gasteiger partial charge in [0.25, 0.3) is 0 Å². The van der Waals surface area contributed by atoms with Crippen molar-refractivity contribution >= 4 is 24.0 Å². The highest BCUT2D eigenvalue weighted by atomic mass is 16.6. The first kappa shape index (κ1) is 60.4. The molecule has 5 aliphatic carbocycles. The number of amides is 4. The number of carbonyl (C=O) groups excluding carboxylic acids is 4. The van der Waals surface area contributed by atoms with E-state index in [4.69, 9.17) is 14.2 Å². The monoisotopic (exact) mass is 1150 g/mol. The van der Waals surface area contributed by atoms with Crippen LogP contribution < -0.4 is 10.6 Å². The quantitative estimate of drug-likeness (QED) is 0.133. The van der Waals surface area contributed by atoms with Crippen molar-refractivity contribution in [1.82, 2.24) is 35.1 Å². The second-order valence-electron chi connectivity index (χ2n) is 27.2. The van der Waals surface area contributed by atoms with Gasteiger partial charge in [-0.25, -0.2) is 9.59 Å². The molecule has 14 heteroatoms. The molecule has 14 nitrogen and oxygen atoms in total. The van der Waals surface area contributed by atoms with Gasteiger partial charge in [-0.1, -0.05) is 84.9 Å². The molecule has 2 N–H and O–H groups in total. The van der Waals surface area contributed by atoms with Crippen molar-refractivity contribution in [3.05, 3.63) is 118 Å². The fourth-order valence-corrected chi connectivity index (χ4v) is 17.5. The molecule has 0 aromatic heterocycles.